The van der Waals surface area contributed by atoms with Crippen molar-refractivity contribution in [1.29, 1.82) is 0 Å². The van der Waals surface area contributed by atoms with Crippen molar-refractivity contribution >= 4 is 17.9 Å². The van der Waals surface area contributed by atoms with E-state index in [9.17, 15) is 14.4 Å². The Bertz CT molecular complexity index is 356. The van der Waals surface area contributed by atoms with E-state index in [4.69, 9.17) is 5.11 Å². The number of carboxylic acids is 1. The van der Waals surface area contributed by atoms with Crippen molar-refractivity contribution in [3.8, 4) is 0 Å². The third kappa shape index (κ3) is 9.70. The number of unbranched alkanes of at least 4 members (excludes halogenated alkanes) is 3. The molecule has 0 rings (SSSR count). The van der Waals surface area contributed by atoms with Gasteiger partial charge in [0.25, 0.3) is 0 Å². The van der Waals surface area contributed by atoms with Gasteiger partial charge in [0.1, 0.15) is 0 Å². The molecule has 0 aromatic rings. The van der Waals surface area contributed by atoms with Gasteiger partial charge in [0.05, 0.1) is 5.41 Å². The average molecular weight is 301 g/mol. The topological polar surface area (TPSA) is 108 Å². The van der Waals surface area contributed by atoms with E-state index in [1.807, 2.05) is 0 Å². The van der Waals surface area contributed by atoms with E-state index < -0.39 is 11.4 Å². The number of carbonyl (C=O) groups is 3. The van der Waals surface area contributed by atoms with Crippen molar-refractivity contribution < 1.29 is 19.5 Å². The summed E-state index contributed by atoms with van der Waals surface area (Å²) in [5, 5.41) is 16.4. The van der Waals surface area contributed by atoms with Gasteiger partial charge in [0.15, 0.2) is 0 Å². The first-order valence-electron chi connectivity index (χ1n) is 7.25. The van der Waals surface area contributed by atoms with Crippen LogP contribution in [0.25, 0.3) is 0 Å². The SMILES string of the molecule is CNC(=O)C(C)(C)CNC(=O)NCCCCCCC(=O)O. The Morgan fingerprint density at radius 2 is 1.62 bits per heavy atom. The van der Waals surface area contributed by atoms with Crippen molar-refractivity contribution in [3.63, 3.8) is 0 Å². The molecule has 3 amide bonds. The van der Waals surface area contributed by atoms with Gasteiger partial charge in [-0.25, -0.2) is 4.79 Å². The molecule has 0 spiro atoms. The lowest BCUT2D eigenvalue weighted by Gasteiger charge is -2.22. The first-order chi connectivity index (χ1) is 9.79. The number of rotatable bonds is 10. The Morgan fingerprint density at radius 3 is 2.19 bits per heavy atom. The summed E-state index contributed by atoms with van der Waals surface area (Å²) in [5.74, 6) is -0.896. The molecule has 0 aliphatic rings. The molecule has 0 unspecified atom stereocenters. The van der Waals surface area contributed by atoms with E-state index >= 15 is 0 Å². The average Bonchev–Trinajstić information content (AvgIpc) is 2.42. The minimum atomic E-state index is -0.772. The predicted molar refractivity (Wildman–Crippen MR) is 80.0 cm³/mol. The number of carbonyl (C=O) groups excluding carboxylic acids is 2. The van der Waals surface area contributed by atoms with Crippen LogP contribution in [-0.2, 0) is 9.59 Å². The van der Waals surface area contributed by atoms with Crippen LogP contribution in [0.5, 0.6) is 0 Å². The molecule has 4 N–H and O–H groups in total. The van der Waals surface area contributed by atoms with Crippen molar-refractivity contribution in [2.45, 2.75) is 46.0 Å². The van der Waals surface area contributed by atoms with Crippen molar-refractivity contribution in [2.75, 3.05) is 20.1 Å². The summed E-state index contributed by atoms with van der Waals surface area (Å²) in [6, 6.07) is -0.294. The zero-order valence-corrected chi connectivity index (χ0v) is 13.1. The summed E-state index contributed by atoms with van der Waals surface area (Å²) in [7, 11) is 1.56. The zero-order valence-electron chi connectivity index (χ0n) is 13.1. The van der Waals surface area contributed by atoms with Gasteiger partial charge in [-0.05, 0) is 26.7 Å². The second kappa shape index (κ2) is 10.0. The van der Waals surface area contributed by atoms with Gasteiger partial charge < -0.3 is 21.1 Å². The quantitative estimate of drug-likeness (QED) is 0.453. The molecule has 0 bridgehead atoms. The molecule has 0 atom stereocenters. The molecule has 0 aliphatic heterocycles. The second-order valence-corrected chi connectivity index (χ2v) is 5.63. The van der Waals surface area contributed by atoms with Crippen LogP contribution in [0.4, 0.5) is 4.79 Å². The highest BCUT2D eigenvalue weighted by Gasteiger charge is 2.26. The molecule has 0 heterocycles. The Morgan fingerprint density at radius 1 is 1.00 bits per heavy atom. The van der Waals surface area contributed by atoms with E-state index in [1.165, 1.54) is 0 Å². The largest absolute Gasteiger partial charge is 0.481 e. The van der Waals surface area contributed by atoms with E-state index in [1.54, 1.807) is 20.9 Å². The fourth-order valence-corrected chi connectivity index (χ4v) is 1.74. The Balaban J connectivity index is 3.63. The van der Waals surface area contributed by atoms with Gasteiger partial charge in [-0.1, -0.05) is 12.8 Å². The third-order valence-corrected chi connectivity index (χ3v) is 3.14. The highest BCUT2D eigenvalue weighted by molar-refractivity contribution is 5.82. The number of carboxylic acid groups (broad SMARTS) is 1. The number of hydrogen-bond acceptors (Lipinski definition) is 3. The second-order valence-electron chi connectivity index (χ2n) is 5.63. The number of urea groups is 1. The van der Waals surface area contributed by atoms with Gasteiger partial charge in [-0.2, -0.15) is 0 Å². The molecule has 0 aromatic carbocycles. The summed E-state index contributed by atoms with van der Waals surface area (Å²) < 4.78 is 0. The highest BCUT2D eigenvalue weighted by atomic mass is 16.4. The summed E-state index contributed by atoms with van der Waals surface area (Å²) >= 11 is 0. The van der Waals surface area contributed by atoms with Crippen LogP contribution >= 0.6 is 0 Å². The van der Waals surface area contributed by atoms with Gasteiger partial charge in [0.2, 0.25) is 5.91 Å². The van der Waals surface area contributed by atoms with Crippen molar-refractivity contribution in [1.82, 2.24) is 16.0 Å². The zero-order chi connectivity index (χ0) is 16.3. The number of aliphatic carboxylic acids is 1. The third-order valence-electron chi connectivity index (χ3n) is 3.14. The fourth-order valence-electron chi connectivity index (χ4n) is 1.74. The van der Waals surface area contributed by atoms with Crippen LogP contribution in [0.2, 0.25) is 0 Å². The van der Waals surface area contributed by atoms with Gasteiger partial charge >= 0.3 is 12.0 Å². The molecule has 0 radical (unpaired) electrons. The summed E-state index contributed by atoms with van der Waals surface area (Å²) in [5.41, 5.74) is -0.650. The van der Waals surface area contributed by atoms with E-state index in [2.05, 4.69) is 16.0 Å². The normalized spacial score (nSPS) is 10.8. The van der Waals surface area contributed by atoms with Crippen LogP contribution < -0.4 is 16.0 Å². The Kier molecular flexibility index (Phi) is 9.16. The lowest BCUT2D eigenvalue weighted by atomic mass is 9.92. The van der Waals surface area contributed by atoms with Crippen LogP contribution in [0.1, 0.15) is 46.0 Å². The Hall–Kier alpha value is -1.79. The minimum absolute atomic E-state index is 0.124. The number of nitrogens with one attached hydrogen (secondary N) is 3. The predicted octanol–water partition coefficient (Wildman–Crippen LogP) is 1.09. The fraction of sp³-hybridized carbons (Fsp3) is 0.786. The molecule has 0 fully saturated rings. The molecule has 0 saturated heterocycles. The van der Waals surface area contributed by atoms with Gasteiger partial charge in [-0.15, -0.1) is 0 Å². The highest BCUT2D eigenvalue weighted by Crippen LogP contribution is 2.12. The molecular formula is C14H27N3O4. The minimum Gasteiger partial charge on any atom is -0.481 e. The molecule has 7 nitrogen and oxygen atoms in total. The molecule has 0 aromatic heterocycles. The lowest BCUT2D eigenvalue weighted by Crippen LogP contribution is -2.46. The van der Waals surface area contributed by atoms with Crippen LogP contribution in [-0.4, -0.2) is 43.2 Å². The van der Waals surface area contributed by atoms with Crippen molar-refractivity contribution in [2.24, 2.45) is 5.41 Å². The maximum atomic E-state index is 11.5. The molecule has 7 heteroatoms. The van der Waals surface area contributed by atoms with Crippen LogP contribution in [0.3, 0.4) is 0 Å². The smallest absolute Gasteiger partial charge is 0.314 e. The first kappa shape index (κ1) is 19.2. The molecule has 21 heavy (non-hydrogen) atoms. The van der Waals surface area contributed by atoms with E-state index in [0.29, 0.717) is 13.0 Å². The summed E-state index contributed by atoms with van der Waals surface area (Å²) in [6.45, 7) is 4.32. The lowest BCUT2D eigenvalue weighted by molar-refractivity contribution is -0.137. The summed E-state index contributed by atoms with van der Waals surface area (Å²) in [4.78, 5) is 33.4. The van der Waals surface area contributed by atoms with Crippen molar-refractivity contribution in [3.05, 3.63) is 0 Å². The maximum absolute atomic E-state index is 11.5. The Labute approximate surface area is 125 Å². The standard InChI is InChI=1S/C14H27N3O4/c1-14(2,12(20)15-3)10-17-13(21)16-9-7-5-4-6-8-11(18)19/h4-10H2,1-3H3,(H,15,20)(H,18,19)(H2,16,17,21). The number of hydrogen-bond donors (Lipinski definition) is 4. The molecule has 0 aliphatic carbocycles. The van der Waals surface area contributed by atoms with Gasteiger partial charge in [-0.3, -0.25) is 9.59 Å². The van der Waals surface area contributed by atoms with Gasteiger partial charge in [0, 0.05) is 26.6 Å². The molecular weight excluding hydrogens is 274 g/mol. The van der Waals surface area contributed by atoms with Crippen LogP contribution in [0.15, 0.2) is 0 Å². The molecule has 0 saturated carbocycles. The molecule has 122 valence electrons. The number of amides is 3. The maximum Gasteiger partial charge on any atom is 0.314 e. The monoisotopic (exact) mass is 301 g/mol. The van der Waals surface area contributed by atoms with E-state index in [0.717, 1.165) is 19.3 Å². The first-order valence-corrected chi connectivity index (χ1v) is 7.25. The van der Waals surface area contributed by atoms with Crippen LogP contribution in [0, 0.1) is 5.41 Å². The van der Waals surface area contributed by atoms with E-state index in [-0.39, 0.29) is 24.9 Å². The summed E-state index contributed by atoms with van der Waals surface area (Å²) in [6.07, 6.45) is 3.41.